The first-order chi connectivity index (χ1) is 13.7. The van der Waals surface area contributed by atoms with Crippen molar-refractivity contribution in [2.75, 3.05) is 18.9 Å². The Morgan fingerprint density at radius 2 is 2.11 bits per heavy atom. The molecule has 0 saturated heterocycles. The van der Waals surface area contributed by atoms with Crippen LogP contribution in [0.5, 0.6) is 11.5 Å². The van der Waals surface area contributed by atoms with Crippen LogP contribution in [-0.4, -0.2) is 45.7 Å². The molecule has 2 aromatic carbocycles. The van der Waals surface area contributed by atoms with Crippen molar-refractivity contribution < 1.29 is 14.3 Å². The van der Waals surface area contributed by atoms with Crippen LogP contribution in [0.25, 0.3) is 5.69 Å². The van der Waals surface area contributed by atoms with Gasteiger partial charge >= 0.3 is 0 Å². The number of carbonyl (C=O) groups excluding carboxylic acids is 1. The summed E-state index contributed by atoms with van der Waals surface area (Å²) in [6.07, 6.45) is 1.37. The number of rotatable bonds is 6. The van der Waals surface area contributed by atoms with Crippen LogP contribution in [0, 0.1) is 0 Å². The highest BCUT2D eigenvalue weighted by atomic mass is 35.5. The number of fused-ring (bicyclic) bond motifs is 1. The summed E-state index contributed by atoms with van der Waals surface area (Å²) in [6.45, 7) is 0.766. The first-order valence-corrected chi connectivity index (χ1v) is 9.99. The molecular weight excluding hydrogens is 400 g/mol. The van der Waals surface area contributed by atoms with Gasteiger partial charge in [-0.2, -0.15) is 0 Å². The maximum absolute atomic E-state index is 12.2. The van der Waals surface area contributed by atoms with Gasteiger partial charge in [-0.25, -0.2) is 0 Å². The molecule has 3 aromatic rings. The fraction of sp³-hybridized carbons (Fsp3) is 0.211. The van der Waals surface area contributed by atoms with Gasteiger partial charge in [0.05, 0.1) is 18.0 Å². The van der Waals surface area contributed by atoms with Gasteiger partial charge in [0.15, 0.2) is 16.7 Å². The Balaban J connectivity index is 1.29. The number of amides is 1. The normalized spacial score (nSPS) is 15.2. The average Bonchev–Trinajstić information content (AvgIpc) is 3.19. The summed E-state index contributed by atoms with van der Waals surface area (Å²) in [6, 6.07) is 14.8. The molecular formula is C19H17ClN4O3S. The van der Waals surface area contributed by atoms with E-state index < -0.39 is 0 Å². The van der Waals surface area contributed by atoms with Crippen LogP contribution in [0.1, 0.15) is 0 Å². The Hall–Kier alpha value is -2.71. The Labute approximate surface area is 171 Å². The molecule has 0 saturated carbocycles. The molecule has 7 nitrogen and oxygen atoms in total. The number of thioether (sulfide) groups is 1. The van der Waals surface area contributed by atoms with Gasteiger partial charge in [0.25, 0.3) is 0 Å². The molecule has 1 amide bonds. The molecule has 1 atom stereocenters. The summed E-state index contributed by atoms with van der Waals surface area (Å²) in [4.78, 5) is 12.2. The molecule has 1 aliphatic heterocycles. The monoisotopic (exact) mass is 416 g/mol. The summed E-state index contributed by atoms with van der Waals surface area (Å²) < 4.78 is 13.3. The molecule has 0 fully saturated rings. The summed E-state index contributed by atoms with van der Waals surface area (Å²) in [5.74, 6) is 1.51. The number of benzene rings is 2. The van der Waals surface area contributed by atoms with E-state index in [0.29, 0.717) is 29.1 Å². The number of halogens is 1. The second-order valence-electron chi connectivity index (χ2n) is 6.05. The second-order valence-corrected chi connectivity index (χ2v) is 7.43. The van der Waals surface area contributed by atoms with E-state index in [0.717, 1.165) is 11.4 Å². The summed E-state index contributed by atoms with van der Waals surface area (Å²) in [5, 5.41) is 12.1. The van der Waals surface area contributed by atoms with Crippen molar-refractivity contribution >= 4 is 29.3 Å². The largest absolute Gasteiger partial charge is 0.486 e. The Kier molecular flexibility index (Phi) is 5.68. The number of hydrogen-bond donors (Lipinski definition) is 1. The van der Waals surface area contributed by atoms with E-state index in [-0.39, 0.29) is 17.8 Å². The minimum atomic E-state index is -0.223. The van der Waals surface area contributed by atoms with E-state index in [2.05, 4.69) is 15.5 Å². The zero-order valence-electron chi connectivity index (χ0n) is 14.7. The van der Waals surface area contributed by atoms with Crippen LogP contribution in [0.4, 0.5) is 0 Å². The number of aromatic nitrogens is 3. The number of carbonyl (C=O) groups is 1. The number of hydrogen-bond acceptors (Lipinski definition) is 6. The predicted octanol–water partition coefficient (Wildman–Crippen LogP) is 2.97. The van der Waals surface area contributed by atoms with Gasteiger partial charge in [-0.3, -0.25) is 9.36 Å². The van der Waals surface area contributed by atoms with Crippen molar-refractivity contribution in [1.29, 1.82) is 0 Å². The van der Waals surface area contributed by atoms with Gasteiger partial charge < -0.3 is 14.8 Å². The van der Waals surface area contributed by atoms with E-state index in [4.69, 9.17) is 21.1 Å². The number of para-hydroxylation sites is 2. The molecule has 1 aliphatic rings. The lowest BCUT2D eigenvalue weighted by molar-refractivity contribution is -0.119. The maximum atomic E-state index is 12.2. The average molecular weight is 417 g/mol. The van der Waals surface area contributed by atoms with Gasteiger partial charge in [-0.05, 0) is 30.3 Å². The zero-order valence-corrected chi connectivity index (χ0v) is 16.3. The predicted molar refractivity (Wildman–Crippen MR) is 106 cm³/mol. The minimum Gasteiger partial charge on any atom is -0.486 e. The molecule has 28 heavy (non-hydrogen) atoms. The van der Waals surface area contributed by atoms with Crippen molar-refractivity contribution in [2.24, 2.45) is 0 Å². The molecule has 2 heterocycles. The van der Waals surface area contributed by atoms with Crippen molar-refractivity contribution in [1.82, 2.24) is 20.1 Å². The molecule has 0 spiro atoms. The fourth-order valence-electron chi connectivity index (χ4n) is 2.70. The van der Waals surface area contributed by atoms with E-state index in [1.54, 1.807) is 17.0 Å². The third-order valence-corrected chi connectivity index (χ3v) is 5.21. The fourth-order valence-corrected chi connectivity index (χ4v) is 3.64. The summed E-state index contributed by atoms with van der Waals surface area (Å²) >= 11 is 7.34. The van der Waals surface area contributed by atoms with Crippen LogP contribution in [0.15, 0.2) is 60.0 Å². The third-order valence-electron chi connectivity index (χ3n) is 4.03. The Morgan fingerprint density at radius 1 is 1.25 bits per heavy atom. The van der Waals surface area contributed by atoms with Crippen molar-refractivity contribution in [2.45, 2.75) is 11.3 Å². The van der Waals surface area contributed by atoms with Crippen molar-refractivity contribution in [3.05, 3.63) is 59.9 Å². The molecule has 1 aromatic heterocycles. The van der Waals surface area contributed by atoms with Crippen LogP contribution < -0.4 is 14.8 Å². The first kappa shape index (κ1) is 18.6. The van der Waals surface area contributed by atoms with Crippen molar-refractivity contribution in [3.63, 3.8) is 0 Å². The van der Waals surface area contributed by atoms with E-state index in [9.17, 15) is 4.79 Å². The summed E-state index contributed by atoms with van der Waals surface area (Å²) in [5.41, 5.74) is 0.840. The third kappa shape index (κ3) is 4.40. The smallest absolute Gasteiger partial charge is 0.230 e. The van der Waals surface area contributed by atoms with E-state index in [1.807, 2.05) is 42.5 Å². The lowest BCUT2D eigenvalue weighted by Crippen LogP contribution is -2.41. The van der Waals surface area contributed by atoms with Crippen LogP contribution in [-0.2, 0) is 4.79 Å². The molecule has 0 bridgehead atoms. The highest BCUT2D eigenvalue weighted by Crippen LogP contribution is 2.30. The van der Waals surface area contributed by atoms with Gasteiger partial charge in [-0.15, -0.1) is 10.2 Å². The zero-order chi connectivity index (χ0) is 19.3. The molecule has 9 heteroatoms. The van der Waals surface area contributed by atoms with Gasteiger partial charge in [0.2, 0.25) is 5.91 Å². The quantitative estimate of drug-likeness (QED) is 0.622. The van der Waals surface area contributed by atoms with Gasteiger partial charge in [-0.1, -0.05) is 41.6 Å². The first-order valence-electron chi connectivity index (χ1n) is 8.63. The van der Waals surface area contributed by atoms with Crippen LogP contribution in [0.2, 0.25) is 5.02 Å². The highest BCUT2D eigenvalue weighted by Gasteiger charge is 2.21. The topological polar surface area (TPSA) is 78.3 Å². The molecule has 1 N–H and O–H groups in total. The van der Waals surface area contributed by atoms with Crippen LogP contribution >= 0.6 is 23.4 Å². The molecule has 144 valence electrons. The molecule has 0 radical (unpaired) electrons. The lowest BCUT2D eigenvalue weighted by Gasteiger charge is -2.26. The lowest BCUT2D eigenvalue weighted by atomic mass is 10.2. The number of nitrogens with zero attached hydrogens (tertiary/aromatic N) is 3. The Bertz CT molecular complexity index is 981. The Morgan fingerprint density at radius 3 is 2.96 bits per heavy atom. The standard InChI is InChI=1S/C19H17ClN4O3S/c20-13-4-3-5-14(8-13)24-12-22-23-19(24)28-11-18(25)21-9-15-10-26-16-6-1-2-7-17(16)27-15/h1-8,12,15H,9-11H2,(H,21,25)/t15-/m0/s1. The molecule has 0 unspecified atom stereocenters. The molecule has 0 aliphatic carbocycles. The van der Waals surface area contributed by atoms with E-state index in [1.165, 1.54) is 11.8 Å². The van der Waals surface area contributed by atoms with E-state index >= 15 is 0 Å². The highest BCUT2D eigenvalue weighted by molar-refractivity contribution is 7.99. The number of ether oxygens (including phenoxy) is 2. The van der Waals surface area contributed by atoms with Gasteiger partial charge in [0.1, 0.15) is 19.0 Å². The van der Waals surface area contributed by atoms with Gasteiger partial charge in [0, 0.05) is 5.02 Å². The summed E-state index contributed by atoms with van der Waals surface area (Å²) in [7, 11) is 0. The minimum absolute atomic E-state index is 0.117. The van der Waals surface area contributed by atoms with Crippen molar-refractivity contribution in [3.8, 4) is 17.2 Å². The molecule has 4 rings (SSSR count). The SMILES string of the molecule is O=C(CSc1nncn1-c1cccc(Cl)c1)NC[C@H]1COc2ccccc2O1. The number of nitrogens with one attached hydrogen (secondary N) is 1. The second kappa shape index (κ2) is 8.53. The van der Waals surface area contributed by atoms with Crippen LogP contribution in [0.3, 0.4) is 0 Å². The maximum Gasteiger partial charge on any atom is 0.230 e.